The van der Waals surface area contributed by atoms with Crippen LogP contribution in [-0.2, 0) is 17.8 Å². The summed E-state index contributed by atoms with van der Waals surface area (Å²) < 4.78 is 19.1. The molecule has 216 valence electrons. The summed E-state index contributed by atoms with van der Waals surface area (Å²) in [5, 5.41) is 8.52. The summed E-state index contributed by atoms with van der Waals surface area (Å²) in [5.41, 5.74) is 2.33. The Balaban J connectivity index is 1.67. The summed E-state index contributed by atoms with van der Waals surface area (Å²) in [7, 11) is 0. The van der Waals surface area contributed by atoms with E-state index in [1.54, 1.807) is 15.8 Å². The number of amides is 1. The quantitative estimate of drug-likeness (QED) is 0.272. The second-order valence-corrected chi connectivity index (χ2v) is 11.1. The van der Waals surface area contributed by atoms with E-state index >= 15 is 4.39 Å². The number of hydrogen-bond acceptors (Lipinski definition) is 8. The van der Waals surface area contributed by atoms with Gasteiger partial charge in [0.2, 0.25) is 5.91 Å². The van der Waals surface area contributed by atoms with Crippen LogP contribution < -0.4 is 10.6 Å². The molecule has 6 rings (SSSR count). The summed E-state index contributed by atoms with van der Waals surface area (Å²) in [6.45, 7) is 12.7. The molecular formula is C30H32FN9O2. The van der Waals surface area contributed by atoms with Gasteiger partial charge in [-0.25, -0.2) is 23.4 Å². The maximum Gasteiger partial charge on any atom is 0.355 e. The molecule has 1 fully saturated rings. The van der Waals surface area contributed by atoms with Crippen molar-refractivity contribution in [3.8, 4) is 17.1 Å². The predicted molar refractivity (Wildman–Crippen MR) is 157 cm³/mol. The van der Waals surface area contributed by atoms with Gasteiger partial charge in [0.25, 0.3) is 0 Å². The number of allylic oxidation sites excluding steroid dienone is 2. The van der Waals surface area contributed by atoms with Crippen molar-refractivity contribution in [3.63, 3.8) is 0 Å². The Morgan fingerprint density at radius 1 is 1.17 bits per heavy atom. The maximum absolute atomic E-state index is 16.0. The van der Waals surface area contributed by atoms with Crippen LogP contribution in [0.25, 0.3) is 28.1 Å². The van der Waals surface area contributed by atoms with Crippen LogP contribution in [0.4, 0.5) is 10.2 Å². The van der Waals surface area contributed by atoms with E-state index in [9.17, 15) is 9.59 Å². The molecule has 11 nitrogen and oxygen atoms in total. The first kappa shape index (κ1) is 27.4. The van der Waals surface area contributed by atoms with Gasteiger partial charge < -0.3 is 9.80 Å². The molecule has 0 spiro atoms. The molecule has 2 aliphatic heterocycles. The van der Waals surface area contributed by atoms with E-state index in [0.717, 1.165) is 5.56 Å². The van der Waals surface area contributed by atoms with E-state index in [1.807, 2.05) is 50.8 Å². The Labute approximate surface area is 242 Å². The molecule has 1 saturated heterocycles. The van der Waals surface area contributed by atoms with Crippen LogP contribution in [0.1, 0.15) is 44.9 Å². The van der Waals surface area contributed by atoms with Crippen molar-refractivity contribution in [1.82, 2.24) is 39.4 Å². The van der Waals surface area contributed by atoms with E-state index in [2.05, 4.69) is 26.9 Å². The van der Waals surface area contributed by atoms with Gasteiger partial charge in [-0.05, 0) is 50.0 Å². The first-order chi connectivity index (χ1) is 20.2. The fraction of sp³-hybridized carbons (Fsp3) is 0.367. The van der Waals surface area contributed by atoms with Gasteiger partial charge in [-0.2, -0.15) is 4.98 Å². The van der Waals surface area contributed by atoms with Gasteiger partial charge >= 0.3 is 5.69 Å². The lowest BCUT2D eigenvalue weighted by molar-refractivity contribution is -0.128. The molecule has 0 aromatic carbocycles. The Hall–Kier alpha value is -4.74. The normalized spacial score (nSPS) is 19.3. The molecule has 6 heterocycles. The molecular weight excluding hydrogens is 537 g/mol. The standard InChI is InChI=1S/C30H32FN9O2/c1-6-24(41)37-15-19(5)38(16-18(37)4)28-21-13-22(31)26-23-14-33-36-39(23)12-8-7-9-20-10-11-32-25(17(2)3)27(20)40(29(21)34-26)30(42)35-28/h6-8,10-11,13-14,17-19H,1,9,12,15-16H2,2-5H3/b8-7-/t18-,19+/m1/s1. The number of hydrogen-bond donors (Lipinski definition) is 0. The molecule has 0 N–H and O–H groups in total. The Kier molecular flexibility index (Phi) is 6.91. The Morgan fingerprint density at radius 3 is 2.74 bits per heavy atom. The molecule has 0 saturated carbocycles. The first-order valence-corrected chi connectivity index (χ1v) is 14.0. The molecule has 2 atom stereocenters. The van der Waals surface area contributed by atoms with Crippen molar-refractivity contribution in [3.05, 3.63) is 76.9 Å². The first-order valence-electron chi connectivity index (χ1n) is 14.0. The maximum atomic E-state index is 16.0. The summed E-state index contributed by atoms with van der Waals surface area (Å²) >= 11 is 0. The minimum absolute atomic E-state index is 0.0136. The third-order valence-corrected chi connectivity index (χ3v) is 7.97. The number of pyridine rings is 2. The number of fused-ring (bicyclic) bond motifs is 5. The van der Waals surface area contributed by atoms with Gasteiger partial charge in [-0.15, -0.1) is 5.10 Å². The highest BCUT2D eigenvalue weighted by Crippen LogP contribution is 2.34. The van der Waals surface area contributed by atoms with Gasteiger partial charge in [-0.3, -0.25) is 9.78 Å². The lowest BCUT2D eigenvalue weighted by Gasteiger charge is -2.44. The van der Waals surface area contributed by atoms with Crippen molar-refractivity contribution in [2.45, 2.75) is 58.7 Å². The van der Waals surface area contributed by atoms with Gasteiger partial charge in [-0.1, -0.05) is 37.8 Å². The van der Waals surface area contributed by atoms with Crippen LogP contribution in [0.5, 0.6) is 0 Å². The summed E-state index contributed by atoms with van der Waals surface area (Å²) in [6, 6.07) is 2.87. The number of anilines is 1. The van der Waals surface area contributed by atoms with Crippen molar-refractivity contribution in [2.24, 2.45) is 0 Å². The Bertz CT molecular complexity index is 1810. The third-order valence-electron chi connectivity index (χ3n) is 7.97. The fourth-order valence-corrected chi connectivity index (χ4v) is 5.87. The number of carbonyl (C=O) groups excluding carboxylic acids is 1. The van der Waals surface area contributed by atoms with Gasteiger partial charge in [0.05, 0.1) is 29.5 Å². The monoisotopic (exact) mass is 569 g/mol. The molecule has 4 aromatic heterocycles. The smallest absolute Gasteiger partial charge is 0.349 e. The molecule has 2 bridgehead atoms. The van der Waals surface area contributed by atoms with Crippen LogP contribution in [0, 0.1) is 5.82 Å². The molecule has 1 amide bonds. The highest BCUT2D eigenvalue weighted by molar-refractivity contribution is 5.91. The van der Waals surface area contributed by atoms with Crippen molar-refractivity contribution < 1.29 is 9.18 Å². The zero-order valence-electron chi connectivity index (χ0n) is 24.0. The summed E-state index contributed by atoms with van der Waals surface area (Å²) in [6.07, 6.45) is 8.96. The average Bonchev–Trinajstić information content (AvgIpc) is 3.43. The van der Waals surface area contributed by atoms with E-state index in [-0.39, 0.29) is 35.2 Å². The van der Waals surface area contributed by atoms with E-state index < -0.39 is 11.5 Å². The Morgan fingerprint density at radius 2 is 1.98 bits per heavy atom. The molecule has 2 aliphatic rings. The minimum atomic E-state index is -0.586. The van der Waals surface area contributed by atoms with Gasteiger partial charge in [0.1, 0.15) is 17.2 Å². The van der Waals surface area contributed by atoms with E-state index in [1.165, 1.54) is 22.9 Å². The van der Waals surface area contributed by atoms with Crippen LogP contribution in [0.15, 0.2) is 54.1 Å². The van der Waals surface area contributed by atoms with Crippen molar-refractivity contribution >= 4 is 22.8 Å². The van der Waals surface area contributed by atoms with Gasteiger partial charge in [0.15, 0.2) is 11.5 Å². The molecule has 0 radical (unpaired) electrons. The van der Waals surface area contributed by atoms with Crippen LogP contribution in [0.3, 0.4) is 0 Å². The number of halogens is 1. The lowest BCUT2D eigenvalue weighted by Crippen LogP contribution is -2.58. The zero-order valence-corrected chi connectivity index (χ0v) is 24.0. The van der Waals surface area contributed by atoms with Gasteiger partial charge in [0, 0.05) is 31.4 Å². The average molecular weight is 570 g/mol. The number of aromatic nitrogens is 7. The topological polar surface area (TPSA) is 115 Å². The number of carbonyl (C=O) groups is 1. The summed E-state index contributed by atoms with van der Waals surface area (Å²) in [4.78, 5) is 44.3. The number of piperazine rings is 1. The second-order valence-electron chi connectivity index (χ2n) is 11.1. The summed E-state index contributed by atoms with van der Waals surface area (Å²) in [5.74, 6) is -0.438. The van der Waals surface area contributed by atoms with Crippen LogP contribution >= 0.6 is 0 Å². The molecule has 0 unspecified atom stereocenters. The van der Waals surface area contributed by atoms with Crippen molar-refractivity contribution in [2.75, 3.05) is 18.0 Å². The predicted octanol–water partition coefficient (Wildman–Crippen LogP) is 3.42. The molecule has 42 heavy (non-hydrogen) atoms. The molecule has 4 aromatic rings. The fourth-order valence-electron chi connectivity index (χ4n) is 5.87. The van der Waals surface area contributed by atoms with Crippen LogP contribution in [-0.4, -0.2) is 70.5 Å². The highest BCUT2D eigenvalue weighted by Gasteiger charge is 2.34. The highest BCUT2D eigenvalue weighted by atomic mass is 19.1. The SMILES string of the molecule is C=CC(=O)N1C[C@H](C)N(c2nc(=O)n3c4nc(c(F)cc24)-c2cnnn2C/C=C\Cc2ccnc(C(C)C)c2-3)C[C@H]1C. The molecule has 0 aliphatic carbocycles. The number of rotatable bonds is 3. The zero-order chi connectivity index (χ0) is 29.7. The van der Waals surface area contributed by atoms with E-state index in [4.69, 9.17) is 4.98 Å². The third kappa shape index (κ3) is 4.47. The second kappa shape index (κ2) is 10.6. The largest absolute Gasteiger partial charge is 0.355 e. The minimum Gasteiger partial charge on any atom is -0.349 e. The number of nitrogens with zero attached hydrogens (tertiary/aromatic N) is 9. The molecule has 12 heteroatoms. The van der Waals surface area contributed by atoms with E-state index in [0.29, 0.717) is 54.3 Å². The van der Waals surface area contributed by atoms with Crippen LogP contribution in [0.2, 0.25) is 0 Å². The lowest BCUT2D eigenvalue weighted by atomic mass is 10.0. The van der Waals surface area contributed by atoms with Crippen molar-refractivity contribution in [1.29, 1.82) is 0 Å².